The Balaban J connectivity index is 1.63. The predicted molar refractivity (Wildman–Crippen MR) is 96.2 cm³/mol. The molecule has 2 heterocycles. The van der Waals surface area contributed by atoms with Gasteiger partial charge in [0.15, 0.2) is 5.65 Å². The van der Waals surface area contributed by atoms with Crippen LogP contribution < -0.4 is 5.43 Å². The zero-order valence-corrected chi connectivity index (χ0v) is 13.8. The van der Waals surface area contributed by atoms with Crippen molar-refractivity contribution >= 4 is 50.2 Å². The summed E-state index contributed by atoms with van der Waals surface area (Å²) in [5.41, 5.74) is 5.56. The number of H-pyrrole nitrogens is 1. The van der Waals surface area contributed by atoms with Crippen molar-refractivity contribution in [1.82, 2.24) is 20.2 Å². The van der Waals surface area contributed by atoms with E-state index in [9.17, 15) is 5.11 Å². The zero-order valence-electron chi connectivity index (χ0n) is 12.2. The Kier molecular flexibility index (Phi) is 3.58. The maximum Gasteiger partial charge on any atom is 0.265 e. The minimum absolute atomic E-state index is 0.152. The lowest BCUT2D eigenvalue weighted by atomic mass is 10.2. The number of aromatic amines is 1. The van der Waals surface area contributed by atoms with E-state index < -0.39 is 0 Å². The van der Waals surface area contributed by atoms with E-state index in [-0.39, 0.29) is 11.7 Å². The van der Waals surface area contributed by atoms with Crippen LogP contribution in [0.1, 0.15) is 5.56 Å². The number of anilines is 1. The third-order valence-corrected chi connectivity index (χ3v) is 3.97. The number of phenolic OH excluding ortho intramolecular Hbond substituents is 1. The standard InChI is InChI=1S/C16H11BrN6O/c17-10-5-6-12-11(7-10)14-15(19-12)20-16(23-21-14)22-18-8-9-3-1-2-4-13(9)24/h1-8,24H,(H2,19,20,22,23). The Morgan fingerprint density at radius 1 is 1.17 bits per heavy atom. The van der Waals surface area contributed by atoms with Gasteiger partial charge >= 0.3 is 0 Å². The summed E-state index contributed by atoms with van der Waals surface area (Å²) >= 11 is 3.45. The normalized spacial score (nSPS) is 11.5. The molecule has 118 valence electrons. The number of nitrogens with one attached hydrogen (secondary N) is 2. The molecule has 3 N–H and O–H groups in total. The second kappa shape index (κ2) is 5.89. The van der Waals surface area contributed by atoms with Gasteiger partial charge in [-0.25, -0.2) is 5.43 Å². The molecule has 0 saturated carbocycles. The highest BCUT2D eigenvalue weighted by Crippen LogP contribution is 2.25. The van der Waals surface area contributed by atoms with Crippen molar-refractivity contribution in [3.05, 3.63) is 52.5 Å². The molecule has 2 aromatic heterocycles. The molecular weight excluding hydrogens is 372 g/mol. The van der Waals surface area contributed by atoms with Gasteiger partial charge in [0.05, 0.1) is 6.21 Å². The summed E-state index contributed by atoms with van der Waals surface area (Å²) < 4.78 is 0.965. The molecule has 4 rings (SSSR count). The topological polar surface area (TPSA) is 99.1 Å². The molecule has 0 atom stereocenters. The Morgan fingerprint density at radius 3 is 2.92 bits per heavy atom. The minimum Gasteiger partial charge on any atom is -0.507 e. The third kappa shape index (κ3) is 2.67. The van der Waals surface area contributed by atoms with Gasteiger partial charge in [-0.2, -0.15) is 10.1 Å². The van der Waals surface area contributed by atoms with Crippen LogP contribution in [0.15, 0.2) is 52.0 Å². The van der Waals surface area contributed by atoms with Gasteiger partial charge in [-0.15, -0.1) is 10.2 Å². The van der Waals surface area contributed by atoms with Gasteiger partial charge in [0.2, 0.25) is 0 Å². The third-order valence-electron chi connectivity index (χ3n) is 3.48. The van der Waals surface area contributed by atoms with E-state index in [0.29, 0.717) is 16.7 Å². The molecule has 0 fully saturated rings. The van der Waals surface area contributed by atoms with Crippen LogP contribution in [0.3, 0.4) is 0 Å². The number of benzene rings is 2. The van der Waals surface area contributed by atoms with Crippen LogP contribution in [0, 0.1) is 0 Å². The van der Waals surface area contributed by atoms with E-state index in [0.717, 1.165) is 15.4 Å². The summed E-state index contributed by atoms with van der Waals surface area (Å²) in [5.74, 6) is 0.415. The predicted octanol–water partition coefficient (Wildman–Crippen LogP) is 3.42. The molecule has 0 spiro atoms. The van der Waals surface area contributed by atoms with E-state index in [1.807, 2.05) is 24.3 Å². The fourth-order valence-electron chi connectivity index (χ4n) is 2.35. The van der Waals surface area contributed by atoms with E-state index in [4.69, 9.17) is 0 Å². The average Bonchev–Trinajstić information content (AvgIpc) is 2.94. The van der Waals surface area contributed by atoms with Crippen molar-refractivity contribution in [2.75, 3.05) is 5.43 Å². The number of halogens is 1. The molecule has 0 aliphatic rings. The van der Waals surface area contributed by atoms with Crippen molar-refractivity contribution in [2.24, 2.45) is 5.10 Å². The van der Waals surface area contributed by atoms with Gasteiger partial charge in [-0.05, 0) is 30.3 Å². The Labute approximate surface area is 144 Å². The average molecular weight is 383 g/mol. The molecule has 0 aliphatic carbocycles. The van der Waals surface area contributed by atoms with Crippen molar-refractivity contribution in [3.63, 3.8) is 0 Å². The number of hydrogen-bond donors (Lipinski definition) is 3. The Morgan fingerprint density at radius 2 is 2.04 bits per heavy atom. The number of fused-ring (bicyclic) bond motifs is 3. The van der Waals surface area contributed by atoms with Crippen LogP contribution in [-0.4, -0.2) is 31.5 Å². The molecule has 24 heavy (non-hydrogen) atoms. The SMILES string of the molecule is Oc1ccccc1C=NNc1nnc2c(n1)[nH]c1ccc(Br)cc12. The number of nitrogens with zero attached hydrogens (tertiary/aromatic N) is 4. The highest BCUT2D eigenvalue weighted by molar-refractivity contribution is 9.10. The molecule has 0 amide bonds. The highest BCUT2D eigenvalue weighted by atomic mass is 79.9. The number of hydrazone groups is 1. The van der Waals surface area contributed by atoms with Gasteiger partial charge in [-0.3, -0.25) is 0 Å². The second-order valence-electron chi connectivity index (χ2n) is 5.08. The minimum atomic E-state index is 0.152. The second-order valence-corrected chi connectivity index (χ2v) is 5.99. The lowest BCUT2D eigenvalue weighted by Gasteiger charge is -1.98. The summed E-state index contributed by atoms with van der Waals surface area (Å²) in [6.45, 7) is 0. The molecule has 8 heteroatoms. The Bertz CT molecular complexity index is 1070. The van der Waals surface area contributed by atoms with E-state index in [2.05, 4.69) is 46.6 Å². The molecule has 0 unspecified atom stereocenters. The summed E-state index contributed by atoms with van der Waals surface area (Å²) in [7, 11) is 0. The largest absolute Gasteiger partial charge is 0.507 e. The maximum atomic E-state index is 9.68. The molecule has 4 aromatic rings. The first-order chi connectivity index (χ1) is 11.7. The molecule has 2 aromatic carbocycles. The number of hydrogen-bond acceptors (Lipinski definition) is 6. The fraction of sp³-hybridized carbons (Fsp3) is 0. The van der Waals surface area contributed by atoms with Crippen molar-refractivity contribution in [2.45, 2.75) is 0 Å². The van der Waals surface area contributed by atoms with Gasteiger partial charge in [-0.1, -0.05) is 28.1 Å². The van der Waals surface area contributed by atoms with Gasteiger partial charge < -0.3 is 10.1 Å². The van der Waals surface area contributed by atoms with Gasteiger partial charge in [0.1, 0.15) is 11.3 Å². The molecular formula is C16H11BrN6O. The van der Waals surface area contributed by atoms with Crippen LogP contribution in [0.25, 0.3) is 22.1 Å². The lowest BCUT2D eigenvalue weighted by molar-refractivity contribution is 0.474. The molecule has 7 nitrogen and oxygen atoms in total. The van der Waals surface area contributed by atoms with Gasteiger partial charge in [0.25, 0.3) is 5.95 Å². The smallest absolute Gasteiger partial charge is 0.265 e. The monoisotopic (exact) mass is 382 g/mol. The molecule has 0 radical (unpaired) electrons. The quantitative estimate of drug-likeness (QED) is 0.372. The first kappa shape index (κ1) is 14.6. The van der Waals surface area contributed by atoms with Gasteiger partial charge in [0, 0.05) is 20.9 Å². The fourth-order valence-corrected chi connectivity index (χ4v) is 2.71. The lowest BCUT2D eigenvalue weighted by Crippen LogP contribution is -1.99. The number of aromatic hydroxyl groups is 1. The van der Waals surface area contributed by atoms with Crippen LogP contribution in [-0.2, 0) is 0 Å². The number of rotatable bonds is 3. The van der Waals surface area contributed by atoms with Crippen LogP contribution in [0.5, 0.6) is 5.75 Å². The number of para-hydroxylation sites is 1. The number of phenols is 1. The van der Waals surface area contributed by atoms with E-state index in [1.165, 1.54) is 6.21 Å². The highest BCUT2D eigenvalue weighted by Gasteiger charge is 2.09. The molecule has 0 aliphatic heterocycles. The van der Waals surface area contributed by atoms with Crippen LogP contribution in [0.4, 0.5) is 5.95 Å². The molecule has 0 saturated heterocycles. The van der Waals surface area contributed by atoms with Crippen molar-refractivity contribution in [3.8, 4) is 5.75 Å². The van der Waals surface area contributed by atoms with Crippen molar-refractivity contribution in [1.29, 1.82) is 0 Å². The summed E-state index contributed by atoms with van der Waals surface area (Å²) in [6, 6.07) is 12.8. The molecule has 0 bridgehead atoms. The van der Waals surface area contributed by atoms with E-state index in [1.54, 1.807) is 18.2 Å². The summed E-state index contributed by atoms with van der Waals surface area (Å²) in [4.78, 5) is 7.56. The van der Waals surface area contributed by atoms with E-state index >= 15 is 0 Å². The maximum absolute atomic E-state index is 9.68. The van der Waals surface area contributed by atoms with Crippen molar-refractivity contribution < 1.29 is 5.11 Å². The zero-order chi connectivity index (χ0) is 16.5. The van der Waals surface area contributed by atoms with Crippen LogP contribution in [0.2, 0.25) is 0 Å². The van der Waals surface area contributed by atoms with Crippen LogP contribution >= 0.6 is 15.9 Å². The first-order valence-electron chi connectivity index (χ1n) is 7.09. The Hall–Kier alpha value is -3.00. The summed E-state index contributed by atoms with van der Waals surface area (Å²) in [5, 5.41) is 22.9. The first-order valence-corrected chi connectivity index (χ1v) is 7.89. The number of aromatic nitrogens is 4. The summed E-state index contributed by atoms with van der Waals surface area (Å²) in [6.07, 6.45) is 1.49.